The SMILES string of the molecule is CCCC/C=C/[C@@H]1CCc2cc([C@H](CN)CCCO)ccc2C1. The molecule has 2 heteroatoms. The molecule has 1 aromatic carbocycles. The standard InChI is InChI=1S/C21H33NO/c1-2-3-4-5-7-17-9-10-19-15-20(12-11-18(19)14-17)21(16-22)8-6-13-23/h5,7,11-12,15,17,21,23H,2-4,6,8-10,13-14,16,22H2,1H3/b7-5+/t17-,21+/m1/s1. The van der Waals surface area contributed by atoms with Crippen molar-refractivity contribution in [3.05, 3.63) is 47.0 Å². The number of unbranched alkanes of at least 4 members (excludes halogenated alkanes) is 2. The number of aryl methyl sites for hydroxylation is 1. The van der Waals surface area contributed by atoms with Gasteiger partial charge in [0.15, 0.2) is 0 Å². The Morgan fingerprint density at radius 1 is 1.30 bits per heavy atom. The van der Waals surface area contributed by atoms with Gasteiger partial charge in [-0.2, -0.15) is 0 Å². The second kappa shape index (κ2) is 9.89. The number of fused-ring (bicyclic) bond motifs is 1. The van der Waals surface area contributed by atoms with Gasteiger partial charge in [0.2, 0.25) is 0 Å². The van der Waals surface area contributed by atoms with Gasteiger partial charge < -0.3 is 10.8 Å². The fraction of sp³-hybridized carbons (Fsp3) is 0.619. The Morgan fingerprint density at radius 3 is 2.91 bits per heavy atom. The van der Waals surface area contributed by atoms with Gasteiger partial charge in [0.25, 0.3) is 0 Å². The first-order chi connectivity index (χ1) is 11.3. The maximum absolute atomic E-state index is 9.04. The normalized spacial score (nSPS) is 19.0. The van der Waals surface area contributed by atoms with E-state index < -0.39 is 0 Å². The Morgan fingerprint density at radius 2 is 2.17 bits per heavy atom. The Hall–Kier alpha value is -1.12. The lowest BCUT2D eigenvalue weighted by molar-refractivity contribution is 0.280. The number of rotatable bonds is 9. The second-order valence-electron chi connectivity index (χ2n) is 6.90. The van der Waals surface area contributed by atoms with Crippen molar-refractivity contribution in [2.75, 3.05) is 13.2 Å². The zero-order chi connectivity index (χ0) is 16.5. The minimum Gasteiger partial charge on any atom is -0.396 e. The highest BCUT2D eigenvalue weighted by Crippen LogP contribution is 2.30. The van der Waals surface area contributed by atoms with Gasteiger partial charge in [0.05, 0.1) is 0 Å². The molecule has 0 aliphatic heterocycles. The Kier molecular flexibility index (Phi) is 7.84. The van der Waals surface area contributed by atoms with Crippen LogP contribution in [0.1, 0.15) is 68.1 Å². The number of hydrogen-bond donors (Lipinski definition) is 2. The highest BCUT2D eigenvalue weighted by Gasteiger charge is 2.18. The Labute approximate surface area is 141 Å². The Balaban J connectivity index is 1.98. The number of benzene rings is 1. The van der Waals surface area contributed by atoms with E-state index in [4.69, 9.17) is 10.8 Å². The van der Waals surface area contributed by atoms with Crippen molar-refractivity contribution in [2.24, 2.45) is 11.7 Å². The van der Waals surface area contributed by atoms with Gasteiger partial charge in [-0.25, -0.2) is 0 Å². The van der Waals surface area contributed by atoms with E-state index in [9.17, 15) is 0 Å². The van der Waals surface area contributed by atoms with Crippen LogP contribution in [-0.2, 0) is 12.8 Å². The average Bonchev–Trinajstić information content (AvgIpc) is 2.59. The number of hydrogen-bond acceptors (Lipinski definition) is 2. The van der Waals surface area contributed by atoms with E-state index in [0.717, 1.165) is 12.8 Å². The smallest absolute Gasteiger partial charge is 0.0431 e. The van der Waals surface area contributed by atoms with Gasteiger partial charge in [-0.05, 0) is 73.6 Å². The molecule has 0 spiro atoms. The fourth-order valence-corrected chi connectivity index (χ4v) is 3.59. The van der Waals surface area contributed by atoms with Gasteiger partial charge in [-0.15, -0.1) is 0 Å². The van der Waals surface area contributed by atoms with Crippen LogP contribution in [0.15, 0.2) is 30.4 Å². The summed E-state index contributed by atoms with van der Waals surface area (Å²) in [5.41, 5.74) is 10.3. The maximum atomic E-state index is 9.04. The molecule has 2 nitrogen and oxygen atoms in total. The highest BCUT2D eigenvalue weighted by molar-refractivity contribution is 5.36. The van der Waals surface area contributed by atoms with Crippen LogP contribution in [0.2, 0.25) is 0 Å². The van der Waals surface area contributed by atoms with Gasteiger partial charge in [-0.1, -0.05) is 50.1 Å². The lowest BCUT2D eigenvalue weighted by Crippen LogP contribution is -2.16. The summed E-state index contributed by atoms with van der Waals surface area (Å²) in [6.07, 6.45) is 14.1. The fourth-order valence-electron chi connectivity index (χ4n) is 3.59. The molecule has 0 heterocycles. The van der Waals surface area contributed by atoms with Crippen LogP contribution in [0.4, 0.5) is 0 Å². The van der Waals surface area contributed by atoms with Crippen LogP contribution in [-0.4, -0.2) is 18.3 Å². The lowest BCUT2D eigenvalue weighted by atomic mass is 9.81. The van der Waals surface area contributed by atoms with Crippen molar-refractivity contribution in [1.29, 1.82) is 0 Å². The molecule has 1 aromatic rings. The molecule has 128 valence electrons. The molecule has 0 fully saturated rings. The molecule has 0 amide bonds. The predicted octanol–water partition coefficient (Wildman–Crippen LogP) is 4.35. The van der Waals surface area contributed by atoms with E-state index >= 15 is 0 Å². The van der Waals surface area contributed by atoms with E-state index in [1.165, 1.54) is 55.2 Å². The van der Waals surface area contributed by atoms with Crippen LogP contribution < -0.4 is 5.73 Å². The van der Waals surface area contributed by atoms with Crippen molar-refractivity contribution >= 4 is 0 Å². The zero-order valence-corrected chi connectivity index (χ0v) is 14.6. The summed E-state index contributed by atoms with van der Waals surface area (Å²) in [6, 6.07) is 6.95. The van der Waals surface area contributed by atoms with E-state index in [1.807, 2.05) is 0 Å². The van der Waals surface area contributed by atoms with Crippen molar-refractivity contribution < 1.29 is 5.11 Å². The molecule has 0 aromatic heterocycles. The molecule has 1 aliphatic rings. The summed E-state index contributed by atoms with van der Waals surface area (Å²) >= 11 is 0. The third-order valence-corrected chi connectivity index (χ3v) is 5.10. The largest absolute Gasteiger partial charge is 0.396 e. The first-order valence-electron chi connectivity index (χ1n) is 9.37. The summed E-state index contributed by atoms with van der Waals surface area (Å²) < 4.78 is 0. The molecule has 2 atom stereocenters. The molecule has 0 bridgehead atoms. The molecule has 0 radical (unpaired) electrons. The first-order valence-corrected chi connectivity index (χ1v) is 9.37. The van der Waals surface area contributed by atoms with E-state index in [2.05, 4.69) is 37.3 Å². The lowest BCUT2D eigenvalue weighted by Gasteiger charge is -2.24. The van der Waals surface area contributed by atoms with Crippen molar-refractivity contribution in [1.82, 2.24) is 0 Å². The third-order valence-electron chi connectivity index (χ3n) is 5.10. The Bertz CT molecular complexity index is 495. The number of allylic oxidation sites excluding steroid dienone is 2. The topological polar surface area (TPSA) is 46.2 Å². The van der Waals surface area contributed by atoms with E-state index in [0.29, 0.717) is 18.4 Å². The van der Waals surface area contributed by atoms with Gasteiger partial charge in [0, 0.05) is 6.61 Å². The van der Waals surface area contributed by atoms with Gasteiger partial charge in [0.1, 0.15) is 0 Å². The van der Waals surface area contributed by atoms with Gasteiger partial charge in [-0.3, -0.25) is 0 Å². The zero-order valence-electron chi connectivity index (χ0n) is 14.6. The summed E-state index contributed by atoms with van der Waals surface area (Å²) in [6.45, 7) is 3.17. The molecule has 1 aliphatic carbocycles. The summed E-state index contributed by atoms with van der Waals surface area (Å²) in [7, 11) is 0. The van der Waals surface area contributed by atoms with Crippen LogP contribution in [0.5, 0.6) is 0 Å². The molecule has 0 unspecified atom stereocenters. The minimum absolute atomic E-state index is 0.257. The average molecular weight is 316 g/mol. The van der Waals surface area contributed by atoms with Gasteiger partial charge >= 0.3 is 0 Å². The number of aliphatic hydroxyl groups excluding tert-OH is 1. The molecule has 2 rings (SSSR count). The van der Waals surface area contributed by atoms with Crippen molar-refractivity contribution in [3.8, 4) is 0 Å². The predicted molar refractivity (Wildman–Crippen MR) is 98.7 cm³/mol. The summed E-state index contributed by atoms with van der Waals surface area (Å²) in [4.78, 5) is 0. The second-order valence-corrected chi connectivity index (χ2v) is 6.90. The molecule has 0 saturated carbocycles. The third kappa shape index (κ3) is 5.47. The van der Waals surface area contributed by atoms with E-state index in [1.54, 1.807) is 0 Å². The monoisotopic (exact) mass is 315 g/mol. The number of nitrogens with two attached hydrogens (primary N) is 1. The van der Waals surface area contributed by atoms with Crippen molar-refractivity contribution in [3.63, 3.8) is 0 Å². The quantitative estimate of drug-likeness (QED) is 0.525. The van der Waals surface area contributed by atoms with Crippen LogP contribution >= 0.6 is 0 Å². The van der Waals surface area contributed by atoms with Crippen molar-refractivity contribution in [2.45, 2.75) is 64.2 Å². The summed E-state index contributed by atoms with van der Waals surface area (Å²) in [5, 5.41) is 9.04. The number of aliphatic hydroxyl groups is 1. The molecular weight excluding hydrogens is 282 g/mol. The highest BCUT2D eigenvalue weighted by atomic mass is 16.2. The minimum atomic E-state index is 0.257. The van der Waals surface area contributed by atoms with Crippen LogP contribution in [0.25, 0.3) is 0 Å². The van der Waals surface area contributed by atoms with Crippen LogP contribution in [0.3, 0.4) is 0 Å². The summed E-state index contributed by atoms with van der Waals surface area (Å²) in [5.74, 6) is 1.10. The molecule has 0 saturated heterocycles. The van der Waals surface area contributed by atoms with Crippen LogP contribution in [0, 0.1) is 5.92 Å². The first kappa shape index (κ1) is 18.2. The molecular formula is C21H33NO. The van der Waals surface area contributed by atoms with E-state index in [-0.39, 0.29) is 6.61 Å². The molecule has 23 heavy (non-hydrogen) atoms. The molecule has 3 N–H and O–H groups in total. The maximum Gasteiger partial charge on any atom is 0.0431 e.